The van der Waals surface area contributed by atoms with Gasteiger partial charge in [-0.1, -0.05) is 0 Å². The second kappa shape index (κ2) is 7.32. The Hall–Kier alpha value is -0.980. The highest BCUT2D eigenvalue weighted by atomic mass is 79.9. The fraction of sp³-hybridized carbons (Fsp3) is 0.400. The molecule has 0 saturated carbocycles. The molecule has 1 aromatic rings. The maximum absolute atomic E-state index is 11.5. The maximum atomic E-state index is 11.5. The van der Waals surface area contributed by atoms with Gasteiger partial charge in [0.15, 0.2) is 0 Å². The van der Waals surface area contributed by atoms with Crippen LogP contribution in [0.3, 0.4) is 0 Å². The van der Waals surface area contributed by atoms with Crippen molar-refractivity contribution in [2.75, 3.05) is 32.1 Å². The van der Waals surface area contributed by atoms with E-state index in [-0.39, 0.29) is 12.5 Å². The average Bonchev–Trinajstić information content (AvgIpc) is 2.28. The molecule has 0 bridgehead atoms. The molecule has 0 aliphatic rings. The third kappa shape index (κ3) is 4.69. The predicted molar refractivity (Wildman–Crippen MR) is 65.3 cm³/mol. The minimum atomic E-state index is -0.129. The monoisotopic (exact) mass is 287 g/mol. The first kappa shape index (κ1) is 13.1. The van der Waals surface area contributed by atoms with Crippen LogP contribution in [0.2, 0.25) is 0 Å². The van der Waals surface area contributed by atoms with Crippen molar-refractivity contribution in [1.29, 1.82) is 0 Å². The number of carbonyl (C=O) groups excluding carboxylic acids is 1. The number of anilines is 1. The molecule has 0 spiro atoms. The number of carbonyl (C=O) groups is 1. The lowest BCUT2D eigenvalue weighted by atomic mass is 10.4. The van der Waals surface area contributed by atoms with E-state index in [1.165, 1.54) is 0 Å². The Bertz CT molecular complexity index is 347. The third-order valence-corrected chi connectivity index (χ3v) is 2.42. The molecule has 0 aliphatic heterocycles. The van der Waals surface area contributed by atoms with E-state index in [2.05, 4.69) is 31.5 Å². The predicted octanol–water partition coefficient (Wildman–Crippen LogP) is 1.02. The van der Waals surface area contributed by atoms with Crippen LogP contribution in [0.5, 0.6) is 0 Å². The van der Waals surface area contributed by atoms with Crippen molar-refractivity contribution in [3.8, 4) is 0 Å². The largest absolute Gasteiger partial charge is 0.383 e. The van der Waals surface area contributed by atoms with Crippen molar-refractivity contribution in [3.05, 3.63) is 22.8 Å². The molecular weight excluding hydrogens is 274 g/mol. The van der Waals surface area contributed by atoms with Crippen LogP contribution in [-0.4, -0.2) is 37.7 Å². The molecular formula is C10H14BrN3O2. The summed E-state index contributed by atoms with van der Waals surface area (Å²) in [5.74, 6) is 0.400. The van der Waals surface area contributed by atoms with E-state index in [4.69, 9.17) is 4.74 Å². The van der Waals surface area contributed by atoms with Gasteiger partial charge in [0.25, 0.3) is 0 Å². The van der Waals surface area contributed by atoms with Crippen LogP contribution in [0.4, 0.5) is 5.82 Å². The number of nitrogens with zero attached hydrogens (tertiary/aromatic N) is 1. The first-order valence-electron chi connectivity index (χ1n) is 4.84. The minimum Gasteiger partial charge on any atom is -0.383 e. The van der Waals surface area contributed by atoms with Gasteiger partial charge in [-0.2, -0.15) is 0 Å². The van der Waals surface area contributed by atoms with Gasteiger partial charge in [0.2, 0.25) is 5.91 Å². The minimum absolute atomic E-state index is 0.129. The van der Waals surface area contributed by atoms with Gasteiger partial charge in [-0.05, 0) is 28.1 Å². The van der Waals surface area contributed by atoms with Gasteiger partial charge in [0.05, 0.1) is 17.6 Å². The number of pyridine rings is 1. The van der Waals surface area contributed by atoms with Gasteiger partial charge in [-0.3, -0.25) is 4.79 Å². The first-order chi connectivity index (χ1) is 7.74. The second-order valence-electron chi connectivity index (χ2n) is 3.05. The molecule has 0 fully saturated rings. The van der Waals surface area contributed by atoms with E-state index < -0.39 is 0 Å². The molecule has 0 aromatic carbocycles. The lowest BCUT2D eigenvalue weighted by Gasteiger charge is -2.06. The van der Waals surface area contributed by atoms with Gasteiger partial charge in [-0.15, -0.1) is 0 Å². The van der Waals surface area contributed by atoms with E-state index in [0.717, 1.165) is 4.47 Å². The fourth-order valence-electron chi connectivity index (χ4n) is 1.03. The zero-order chi connectivity index (χ0) is 11.8. The van der Waals surface area contributed by atoms with Crippen LogP contribution in [0, 0.1) is 0 Å². The van der Waals surface area contributed by atoms with Crippen LogP contribution in [0.1, 0.15) is 0 Å². The number of methoxy groups -OCH3 is 1. The van der Waals surface area contributed by atoms with E-state index in [0.29, 0.717) is 19.0 Å². The van der Waals surface area contributed by atoms with Crippen LogP contribution in [-0.2, 0) is 9.53 Å². The molecule has 5 nitrogen and oxygen atoms in total. The molecule has 0 saturated heterocycles. The Labute approximate surface area is 103 Å². The van der Waals surface area contributed by atoms with Crippen molar-refractivity contribution in [1.82, 2.24) is 10.3 Å². The summed E-state index contributed by atoms with van der Waals surface area (Å²) in [6, 6.07) is 3.61. The molecule has 1 heterocycles. The molecule has 1 rings (SSSR count). The Morgan fingerprint density at radius 2 is 2.44 bits per heavy atom. The van der Waals surface area contributed by atoms with E-state index in [9.17, 15) is 4.79 Å². The van der Waals surface area contributed by atoms with E-state index in [1.807, 2.05) is 6.07 Å². The molecule has 0 unspecified atom stereocenters. The molecule has 0 radical (unpaired) electrons. The Kier molecular flexibility index (Phi) is 5.99. The quantitative estimate of drug-likeness (QED) is 0.767. The van der Waals surface area contributed by atoms with Gasteiger partial charge in [-0.25, -0.2) is 4.98 Å². The van der Waals surface area contributed by atoms with E-state index in [1.54, 1.807) is 19.4 Å². The molecule has 0 aliphatic carbocycles. The summed E-state index contributed by atoms with van der Waals surface area (Å²) in [6.45, 7) is 1.47. The Morgan fingerprint density at radius 3 is 3.12 bits per heavy atom. The summed E-state index contributed by atoms with van der Waals surface area (Å²) in [6.07, 6.45) is 1.62. The normalized spacial score (nSPS) is 10.1. The Balaban J connectivity index is 2.32. The number of amides is 1. The zero-order valence-corrected chi connectivity index (χ0v) is 10.6. The molecule has 6 heteroatoms. The molecule has 2 N–H and O–H groups in total. The third-order valence-electron chi connectivity index (χ3n) is 1.78. The lowest BCUT2D eigenvalue weighted by Crippen LogP contribution is -2.30. The SMILES string of the molecule is COCCNCC(=O)Nc1ncccc1Br. The number of nitrogens with one attached hydrogen (secondary N) is 2. The van der Waals surface area contributed by atoms with Crippen LogP contribution in [0.25, 0.3) is 0 Å². The highest BCUT2D eigenvalue weighted by molar-refractivity contribution is 9.10. The van der Waals surface area contributed by atoms with Crippen molar-refractivity contribution >= 4 is 27.7 Å². The van der Waals surface area contributed by atoms with Crippen molar-refractivity contribution < 1.29 is 9.53 Å². The maximum Gasteiger partial charge on any atom is 0.239 e. The molecule has 0 atom stereocenters. The molecule has 1 amide bonds. The number of halogens is 1. The Morgan fingerprint density at radius 1 is 1.62 bits per heavy atom. The van der Waals surface area contributed by atoms with Gasteiger partial charge < -0.3 is 15.4 Å². The second-order valence-corrected chi connectivity index (χ2v) is 3.91. The number of ether oxygens (including phenoxy) is 1. The van der Waals surface area contributed by atoms with E-state index >= 15 is 0 Å². The fourth-order valence-corrected chi connectivity index (χ4v) is 1.38. The van der Waals surface area contributed by atoms with Crippen molar-refractivity contribution in [2.45, 2.75) is 0 Å². The molecule has 88 valence electrons. The molecule has 16 heavy (non-hydrogen) atoms. The number of aromatic nitrogens is 1. The number of rotatable bonds is 6. The van der Waals surface area contributed by atoms with Gasteiger partial charge >= 0.3 is 0 Å². The first-order valence-corrected chi connectivity index (χ1v) is 5.63. The topological polar surface area (TPSA) is 63.2 Å². The summed E-state index contributed by atoms with van der Waals surface area (Å²) in [7, 11) is 1.62. The summed E-state index contributed by atoms with van der Waals surface area (Å²) in [5.41, 5.74) is 0. The lowest BCUT2D eigenvalue weighted by molar-refractivity contribution is -0.115. The van der Waals surface area contributed by atoms with Crippen LogP contribution < -0.4 is 10.6 Å². The highest BCUT2D eigenvalue weighted by Gasteiger charge is 2.05. The average molecular weight is 288 g/mol. The van der Waals surface area contributed by atoms with Crippen molar-refractivity contribution in [3.63, 3.8) is 0 Å². The highest BCUT2D eigenvalue weighted by Crippen LogP contribution is 2.17. The van der Waals surface area contributed by atoms with Gasteiger partial charge in [0.1, 0.15) is 5.82 Å². The molecule has 1 aromatic heterocycles. The van der Waals surface area contributed by atoms with Crippen molar-refractivity contribution in [2.24, 2.45) is 0 Å². The summed E-state index contributed by atoms with van der Waals surface area (Å²) < 4.78 is 5.61. The zero-order valence-electron chi connectivity index (χ0n) is 9.00. The number of hydrogen-bond acceptors (Lipinski definition) is 4. The van der Waals surface area contributed by atoms with Crippen LogP contribution in [0.15, 0.2) is 22.8 Å². The standard InChI is InChI=1S/C10H14BrN3O2/c1-16-6-5-12-7-9(15)14-10-8(11)3-2-4-13-10/h2-4,12H,5-7H2,1H3,(H,13,14,15). The number of hydrogen-bond donors (Lipinski definition) is 2. The summed E-state index contributed by atoms with van der Waals surface area (Å²) in [5, 5.41) is 5.63. The summed E-state index contributed by atoms with van der Waals surface area (Å²) >= 11 is 3.30. The van der Waals surface area contributed by atoms with Crippen LogP contribution >= 0.6 is 15.9 Å². The van der Waals surface area contributed by atoms with Gasteiger partial charge in [0, 0.05) is 19.9 Å². The smallest absolute Gasteiger partial charge is 0.239 e. The summed E-state index contributed by atoms with van der Waals surface area (Å²) in [4.78, 5) is 15.5.